The Hall–Kier alpha value is 0.530. The first-order valence-electron chi connectivity index (χ1n) is 3.79. The van der Waals surface area contributed by atoms with Crippen LogP contribution >= 0.6 is 44.5 Å². The average molecular weight is 310 g/mol. The summed E-state index contributed by atoms with van der Waals surface area (Å²) in [5, 5.41) is 0. The maximum Gasteiger partial charge on any atom is 0.0208 e. The molecule has 0 amide bonds. The van der Waals surface area contributed by atoms with E-state index in [0.29, 0.717) is 0 Å². The lowest BCUT2D eigenvalue weighted by molar-refractivity contribution is 0.930. The Kier molecular flexibility index (Phi) is 4.69. The zero-order valence-electron chi connectivity index (χ0n) is 6.56. The second-order valence-electron chi connectivity index (χ2n) is 2.56. The van der Waals surface area contributed by atoms with Crippen LogP contribution in [-0.4, -0.2) is 5.75 Å². The number of aryl methyl sites for hydroxylation is 1. The van der Waals surface area contributed by atoms with Crippen LogP contribution in [0.4, 0.5) is 0 Å². The lowest BCUT2D eigenvalue weighted by Crippen LogP contribution is -1.87. The van der Waals surface area contributed by atoms with Crippen LogP contribution in [0.1, 0.15) is 12.0 Å². The second-order valence-corrected chi connectivity index (χ2v) is 4.78. The van der Waals surface area contributed by atoms with Crippen LogP contribution in [0.25, 0.3) is 0 Å². The number of halogens is 2. The zero-order valence-corrected chi connectivity index (χ0v) is 10.6. The van der Waals surface area contributed by atoms with Crippen molar-refractivity contribution in [2.75, 3.05) is 5.75 Å². The molecule has 0 radical (unpaired) electrons. The zero-order chi connectivity index (χ0) is 8.97. The van der Waals surface area contributed by atoms with E-state index in [4.69, 9.17) is 0 Å². The van der Waals surface area contributed by atoms with Crippen LogP contribution < -0.4 is 0 Å². The Morgan fingerprint density at radius 2 is 2.00 bits per heavy atom. The fourth-order valence-corrected chi connectivity index (χ4v) is 2.02. The molecule has 0 heterocycles. The maximum atomic E-state index is 4.18. The van der Waals surface area contributed by atoms with Gasteiger partial charge in [0.1, 0.15) is 0 Å². The molecule has 3 heteroatoms. The van der Waals surface area contributed by atoms with Gasteiger partial charge in [-0.2, -0.15) is 12.6 Å². The molecule has 0 spiro atoms. The molecular formula is C9H10Br2S. The van der Waals surface area contributed by atoms with Gasteiger partial charge in [-0.15, -0.1) is 0 Å². The highest BCUT2D eigenvalue weighted by atomic mass is 79.9. The lowest BCUT2D eigenvalue weighted by atomic mass is 10.1. The third kappa shape index (κ3) is 3.11. The predicted octanol–water partition coefficient (Wildman–Crippen LogP) is 4.07. The van der Waals surface area contributed by atoms with Gasteiger partial charge in [-0.1, -0.05) is 31.9 Å². The van der Waals surface area contributed by atoms with E-state index in [-0.39, 0.29) is 0 Å². The van der Waals surface area contributed by atoms with Crippen molar-refractivity contribution in [3.05, 3.63) is 32.7 Å². The molecular weight excluding hydrogens is 300 g/mol. The first kappa shape index (κ1) is 10.6. The van der Waals surface area contributed by atoms with E-state index >= 15 is 0 Å². The summed E-state index contributed by atoms with van der Waals surface area (Å²) in [4.78, 5) is 0. The van der Waals surface area contributed by atoms with Crippen molar-refractivity contribution in [3.8, 4) is 0 Å². The Labute approximate surface area is 95.4 Å². The van der Waals surface area contributed by atoms with Crippen molar-refractivity contribution >= 4 is 44.5 Å². The van der Waals surface area contributed by atoms with Gasteiger partial charge in [0, 0.05) is 8.95 Å². The number of thiol groups is 1. The van der Waals surface area contributed by atoms with Crippen molar-refractivity contribution in [1.82, 2.24) is 0 Å². The van der Waals surface area contributed by atoms with Crippen LogP contribution in [0.5, 0.6) is 0 Å². The van der Waals surface area contributed by atoms with Gasteiger partial charge in [0.15, 0.2) is 0 Å². The fraction of sp³-hybridized carbons (Fsp3) is 0.333. The Balaban J connectivity index is 2.75. The molecule has 1 aromatic carbocycles. The van der Waals surface area contributed by atoms with E-state index in [0.717, 1.165) is 23.1 Å². The summed E-state index contributed by atoms with van der Waals surface area (Å²) in [7, 11) is 0. The van der Waals surface area contributed by atoms with Crippen molar-refractivity contribution in [3.63, 3.8) is 0 Å². The molecule has 1 aromatic rings. The molecule has 0 saturated carbocycles. The van der Waals surface area contributed by atoms with Crippen LogP contribution in [0.15, 0.2) is 27.1 Å². The van der Waals surface area contributed by atoms with Crippen molar-refractivity contribution in [2.24, 2.45) is 0 Å². The van der Waals surface area contributed by atoms with Gasteiger partial charge in [0.25, 0.3) is 0 Å². The highest BCUT2D eigenvalue weighted by Gasteiger charge is 1.99. The summed E-state index contributed by atoms with van der Waals surface area (Å²) >= 11 is 11.1. The van der Waals surface area contributed by atoms with E-state index in [9.17, 15) is 0 Å². The Morgan fingerprint density at radius 3 is 2.67 bits per heavy atom. The van der Waals surface area contributed by atoms with Gasteiger partial charge >= 0.3 is 0 Å². The smallest absolute Gasteiger partial charge is 0.0208 e. The van der Waals surface area contributed by atoms with Crippen molar-refractivity contribution in [2.45, 2.75) is 12.8 Å². The Bertz CT molecular complexity index is 261. The summed E-state index contributed by atoms with van der Waals surface area (Å²) in [5.74, 6) is 0.943. The first-order valence-corrected chi connectivity index (χ1v) is 6.00. The summed E-state index contributed by atoms with van der Waals surface area (Å²) in [6, 6.07) is 6.25. The molecule has 0 bridgehead atoms. The summed E-state index contributed by atoms with van der Waals surface area (Å²) < 4.78 is 2.33. The molecule has 1 rings (SSSR count). The minimum absolute atomic E-state index is 0.943. The lowest BCUT2D eigenvalue weighted by Gasteiger charge is -2.03. The molecule has 0 aromatic heterocycles. The fourth-order valence-electron chi connectivity index (χ4n) is 1.00. The molecule has 0 aliphatic heterocycles. The number of hydrogen-bond donors (Lipinski definition) is 1. The van der Waals surface area contributed by atoms with Crippen LogP contribution in [0, 0.1) is 0 Å². The summed E-state index contributed by atoms with van der Waals surface area (Å²) in [6.45, 7) is 0. The molecule has 0 aliphatic carbocycles. The highest BCUT2D eigenvalue weighted by molar-refractivity contribution is 9.11. The molecule has 0 unspecified atom stereocenters. The van der Waals surface area contributed by atoms with Crippen LogP contribution in [-0.2, 0) is 6.42 Å². The molecule has 12 heavy (non-hydrogen) atoms. The quantitative estimate of drug-likeness (QED) is 0.799. The first-order chi connectivity index (χ1) is 5.74. The molecule has 0 nitrogen and oxygen atoms in total. The highest BCUT2D eigenvalue weighted by Crippen LogP contribution is 2.22. The minimum atomic E-state index is 0.943. The van der Waals surface area contributed by atoms with Gasteiger partial charge in [0.2, 0.25) is 0 Å². The van der Waals surface area contributed by atoms with E-state index in [1.807, 2.05) is 6.07 Å². The molecule has 0 aliphatic rings. The van der Waals surface area contributed by atoms with Gasteiger partial charge in [-0.3, -0.25) is 0 Å². The van der Waals surface area contributed by atoms with E-state index in [1.165, 1.54) is 10.0 Å². The number of hydrogen-bond acceptors (Lipinski definition) is 1. The topological polar surface area (TPSA) is 0 Å². The maximum absolute atomic E-state index is 4.18. The van der Waals surface area contributed by atoms with Crippen molar-refractivity contribution in [1.29, 1.82) is 0 Å². The van der Waals surface area contributed by atoms with E-state index in [1.54, 1.807) is 0 Å². The third-order valence-electron chi connectivity index (χ3n) is 1.61. The molecule has 0 N–H and O–H groups in total. The SMILES string of the molecule is SCCCc1cc(Br)ccc1Br. The molecule has 0 atom stereocenters. The van der Waals surface area contributed by atoms with E-state index in [2.05, 4.69) is 56.6 Å². The number of rotatable bonds is 3. The van der Waals surface area contributed by atoms with E-state index < -0.39 is 0 Å². The van der Waals surface area contributed by atoms with Gasteiger partial charge in [-0.25, -0.2) is 0 Å². The monoisotopic (exact) mass is 308 g/mol. The normalized spacial score (nSPS) is 10.2. The summed E-state index contributed by atoms with van der Waals surface area (Å²) in [5.41, 5.74) is 1.35. The van der Waals surface area contributed by atoms with Gasteiger partial charge in [-0.05, 0) is 42.4 Å². The molecule has 0 fully saturated rings. The van der Waals surface area contributed by atoms with Gasteiger partial charge < -0.3 is 0 Å². The van der Waals surface area contributed by atoms with Crippen molar-refractivity contribution < 1.29 is 0 Å². The standard InChI is InChI=1S/C9H10Br2S/c10-8-3-4-9(11)7(6-8)2-1-5-12/h3-4,6,12H,1-2,5H2. The molecule has 66 valence electrons. The average Bonchev–Trinajstić information content (AvgIpc) is 2.07. The van der Waals surface area contributed by atoms with Crippen LogP contribution in [0.2, 0.25) is 0 Å². The third-order valence-corrected chi connectivity index (χ3v) is 3.20. The predicted molar refractivity (Wildman–Crippen MR) is 64.0 cm³/mol. The van der Waals surface area contributed by atoms with Crippen LogP contribution in [0.3, 0.4) is 0 Å². The Morgan fingerprint density at radius 1 is 1.25 bits per heavy atom. The largest absolute Gasteiger partial charge is 0.179 e. The summed E-state index contributed by atoms with van der Waals surface area (Å²) in [6.07, 6.45) is 2.21. The molecule has 0 saturated heterocycles. The number of benzene rings is 1. The van der Waals surface area contributed by atoms with Gasteiger partial charge in [0.05, 0.1) is 0 Å². The second kappa shape index (κ2) is 5.30. The minimum Gasteiger partial charge on any atom is -0.179 e.